The maximum absolute atomic E-state index is 12.6. The molecular formula is C22H32N4O2S2. The zero-order valence-corrected chi connectivity index (χ0v) is 19.4. The van der Waals surface area contributed by atoms with Gasteiger partial charge in [0, 0.05) is 31.1 Å². The number of hydrogen-bond donors (Lipinski definition) is 2. The van der Waals surface area contributed by atoms with Gasteiger partial charge in [-0.05, 0) is 61.2 Å². The van der Waals surface area contributed by atoms with E-state index in [2.05, 4.69) is 40.1 Å². The van der Waals surface area contributed by atoms with Crippen LogP contribution in [-0.2, 0) is 23.0 Å². The van der Waals surface area contributed by atoms with Crippen molar-refractivity contribution >= 4 is 27.3 Å². The molecule has 30 heavy (non-hydrogen) atoms. The van der Waals surface area contributed by atoms with E-state index in [1.165, 1.54) is 4.88 Å². The minimum Gasteiger partial charge on any atom is -0.357 e. The predicted octanol–water partition coefficient (Wildman–Crippen LogP) is 3.47. The lowest BCUT2D eigenvalue weighted by Gasteiger charge is -2.16. The SMILES string of the molecule is CCNC(=NCc1ccc(S(=O)(=O)N2CCCC2)cc1)NCC(C)Cc1cccs1. The summed E-state index contributed by atoms with van der Waals surface area (Å²) in [6, 6.07) is 11.4. The Balaban J connectivity index is 1.56. The Morgan fingerprint density at radius 2 is 1.90 bits per heavy atom. The molecule has 0 amide bonds. The standard InChI is InChI=1S/C22H32N4O2S2/c1-3-23-22(24-16-18(2)15-20-7-6-14-29-20)25-17-19-8-10-21(11-9-19)30(27,28)26-12-4-5-13-26/h6-11,14,18H,3-5,12-13,15-17H2,1-2H3,(H2,23,24,25). The second kappa shape index (κ2) is 10.9. The number of rotatable bonds is 9. The highest BCUT2D eigenvalue weighted by molar-refractivity contribution is 7.89. The molecule has 1 aliphatic heterocycles. The molecule has 1 unspecified atom stereocenters. The number of guanidine groups is 1. The van der Waals surface area contributed by atoms with Crippen molar-refractivity contribution in [1.29, 1.82) is 0 Å². The van der Waals surface area contributed by atoms with Crippen molar-refractivity contribution in [3.05, 3.63) is 52.2 Å². The molecule has 1 aliphatic rings. The summed E-state index contributed by atoms with van der Waals surface area (Å²) in [7, 11) is -3.36. The average Bonchev–Trinajstić information content (AvgIpc) is 3.45. The Kier molecular flexibility index (Phi) is 8.30. The Bertz CT molecular complexity index is 903. The van der Waals surface area contributed by atoms with E-state index >= 15 is 0 Å². The maximum atomic E-state index is 12.6. The summed E-state index contributed by atoms with van der Waals surface area (Å²) in [6.45, 7) is 7.65. The quantitative estimate of drug-likeness (QED) is 0.455. The van der Waals surface area contributed by atoms with Crippen molar-refractivity contribution in [2.45, 2.75) is 44.6 Å². The molecule has 0 spiro atoms. The average molecular weight is 449 g/mol. The highest BCUT2D eigenvalue weighted by Crippen LogP contribution is 2.21. The van der Waals surface area contributed by atoms with Gasteiger partial charge in [0.05, 0.1) is 11.4 Å². The normalized spacial score (nSPS) is 16.5. The Labute approximate surface area is 184 Å². The first-order valence-electron chi connectivity index (χ1n) is 10.6. The molecule has 0 aliphatic carbocycles. The van der Waals surface area contributed by atoms with Gasteiger partial charge in [0.2, 0.25) is 10.0 Å². The summed E-state index contributed by atoms with van der Waals surface area (Å²) >= 11 is 1.79. The van der Waals surface area contributed by atoms with Crippen molar-refractivity contribution < 1.29 is 8.42 Å². The van der Waals surface area contributed by atoms with Crippen LogP contribution in [0.25, 0.3) is 0 Å². The maximum Gasteiger partial charge on any atom is 0.243 e. The van der Waals surface area contributed by atoms with E-state index < -0.39 is 10.0 Å². The summed E-state index contributed by atoms with van der Waals surface area (Å²) in [6.07, 6.45) is 2.94. The Morgan fingerprint density at radius 1 is 1.17 bits per heavy atom. The van der Waals surface area contributed by atoms with E-state index in [1.807, 2.05) is 19.1 Å². The molecule has 1 fully saturated rings. The number of hydrogen-bond acceptors (Lipinski definition) is 4. The monoisotopic (exact) mass is 448 g/mol. The number of nitrogens with zero attached hydrogens (tertiary/aromatic N) is 2. The molecule has 0 radical (unpaired) electrons. The first kappa shape index (κ1) is 22.8. The van der Waals surface area contributed by atoms with E-state index in [0.29, 0.717) is 30.4 Å². The number of thiophene rings is 1. The molecule has 6 nitrogen and oxygen atoms in total. The number of benzene rings is 1. The van der Waals surface area contributed by atoms with Crippen molar-refractivity contribution in [1.82, 2.24) is 14.9 Å². The van der Waals surface area contributed by atoms with Crippen LogP contribution in [-0.4, -0.2) is 44.9 Å². The largest absolute Gasteiger partial charge is 0.357 e. The van der Waals surface area contributed by atoms with Gasteiger partial charge in [-0.25, -0.2) is 13.4 Å². The van der Waals surface area contributed by atoms with E-state index in [0.717, 1.165) is 43.9 Å². The molecule has 2 aromatic rings. The van der Waals surface area contributed by atoms with Gasteiger partial charge in [0.1, 0.15) is 0 Å². The zero-order valence-electron chi connectivity index (χ0n) is 17.8. The van der Waals surface area contributed by atoms with Gasteiger partial charge >= 0.3 is 0 Å². The van der Waals surface area contributed by atoms with Crippen LogP contribution in [0.2, 0.25) is 0 Å². The molecule has 0 bridgehead atoms. The van der Waals surface area contributed by atoms with Crippen molar-refractivity contribution in [3.8, 4) is 0 Å². The molecule has 164 valence electrons. The van der Waals surface area contributed by atoms with E-state index in [4.69, 9.17) is 0 Å². The van der Waals surface area contributed by atoms with Crippen LogP contribution in [0, 0.1) is 5.92 Å². The molecule has 0 saturated carbocycles. The number of aliphatic imine (C=N–C) groups is 1. The summed E-state index contributed by atoms with van der Waals surface area (Å²) in [5.41, 5.74) is 0.985. The molecule has 1 aromatic heterocycles. The first-order chi connectivity index (χ1) is 14.5. The van der Waals surface area contributed by atoms with Crippen LogP contribution in [0.15, 0.2) is 51.7 Å². The third kappa shape index (κ3) is 6.30. The Hall–Kier alpha value is -1.90. The smallest absolute Gasteiger partial charge is 0.243 e. The molecule has 3 rings (SSSR count). The highest BCUT2D eigenvalue weighted by Gasteiger charge is 2.26. The summed E-state index contributed by atoms with van der Waals surface area (Å²) in [5.74, 6) is 1.28. The fourth-order valence-corrected chi connectivity index (χ4v) is 5.86. The van der Waals surface area contributed by atoms with Crippen LogP contribution >= 0.6 is 11.3 Å². The predicted molar refractivity (Wildman–Crippen MR) is 124 cm³/mol. The lowest BCUT2D eigenvalue weighted by molar-refractivity contribution is 0.477. The summed E-state index contributed by atoms with van der Waals surface area (Å²) < 4.78 is 26.9. The second-order valence-corrected chi connectivity index (χ2v) is 10.7. The summed E-state index contributed by atoms with van der Waals surface area (Å²) in [5, 5.41) is 8.81. The highest BCUT2D eigenvalue weighted by atomic mass is 32.2. The minimum absolute atomic E-state index is 0.365. The van der Waals surface area contributed by atoms with Crippen molar-refractivity contribution in [3.63, 3.8) is 0 Å². The summed E-state index contributed by atoms with van der Waals surface area (Å²) in [4.78, 5) is 6.42. The van der Waals surface area contributed by atoms with Gasteiger partial charge < -0.3 is 10.6 Å². The van der Waals surface area contributed by atoms with Crippen LogP contribution in [0.1, 0.15) is 37.1 Å². The van der Waals surface area contributed by atoms with Crippen LogP contribution in [0.3, 0.4) is 0 Å². The lowest BCUT2D eigenvalue weighted by atomic mass is 10.1. The second-order valence-electron chi connectivity index (χ2n) is 7.72. The van der Waals surface area contributed by atoms with Gasteiger partial charge in [-0.1, -0.05) is 25.1 Å². The third-order valence-electron chi connectivity index (χ3n) is 5.14. The Morgan fingerprint density at radius 3 is 2.53 bits per heavy atom. The van der Waals surface area contributed by atoms with Crippen LogP contribution in [0.4, 0.5) is 0 Å². The van der Waals surface area contributed by atoms with Crippen molar-refractivity contribution in [2.24, 2.45) is 10.9 Å². The van der Waals surface area contributed by atoms with Gasteiger partial charge in [-0.3, -0.25) is 0 Å². The molecule has 1 aromatic carbocycles. The molecule has 2 heterocycles. The van der Waals surface area contributed by atoms with Crippen LogP contribution in [0.5, 0.6) is 0 Å². The van der Waals surface area contributed by atoms with E-state index in [1.54, 1.807) is 27.8 Å². The van der Waals surface area contributed by atoms with Gasteiger partial charge in [-0.2, -0.15) is 4.31 Å². The van der Waals surface area contributed by atoms with E-state index in [-0.39, 0.29) is 0 Å². The number of sulfonamides is 1. The topological polar surface area (TPSA) is 73.8 Å². The fraction of sp³-hybridized carbons (Fsp3) is 0.500. The molecule has 1 atom stereocenters. The fourth-order valence-electron chi connectivity index (χ4n) is 3.47. The third-order valence-corrected chi connectivity index (χ3v) is 7.95. The molecule has 1 saturated heterocycles. The van der Waals surface area contributed by atoms with Crippen molar-refractivity contribution in [2.75, 3.05) is 26.2 Å². The molecular weight excluding hydrogens is 416 g/mol. The first-order valence-corrected chi connectivity index (χ1v) is 12.9. The van der Waals surface area contributed by atoms with Gasteiger partial charge in [-0.15, -0.1) is 11.3 Å². The van der Waals surface area contributed by atoms with Gasteiger partial charge in [0.15, 0.2) is 5.96 Å². The minimum atomic E-state index is -3.36. The molecule has 2 N–H and O–H groups in total. The number of nitrogens with one attached hydrogen (secondary N) is 2. The van der Waals surface area contributed by atoms with E-state index in [9.17, 15) is 8.42 Å². The zero-order chi connectivity index (χ0) is 21.4. The van der Waals surface area contributed by atoms with Gasteiger partial charge in [0.25, 0.3) is 0 Å². The van der Waals surface area contributed by atoms with Crippen LogP contribution < -0.4 is 10.6 Å². The lowest BCUT2D eigenvalue weighted by Crippen LogP contribution is -2.39. The molecule has 8 heteroatoms.